The van der Waals surface area contributed by atoms with Crippen LogP contribution in [-0.2, 0) is 14.8 Å². The van der Waals surface area contributed by atoms with Crippen LogP contribution >= 0.6 is 0 Å². The first-order valence-electron chi connectivity index (χ1n) is 11.7. The number of aryl methyl sites for hydroxylation is 2. The number of benzene rings is 2. The summed E-state index contributed by atoms with van der Waals surface area (Å²) in [7, 11) is -3.54. The summed E-state index contributed by atoms with van der Waals surface area (Å²) in [5.41, 5.74) is 2.92. The van der Waals surface area contributed by atoms with Crippen molar-refractivity contribution in [1.82, 2.24) is 14.1 Å². The first-order valence-corrected chi connectivity index (χ1v) is 13.2. The lowest BCUT2D eigenvalue weighted by Crippen LogP contribution is -2.50. The fraction of sp³-hybridized carbons (Fsp3) is 0.440. The van der Waals surface area contributed by atoms with E-state index in [1.165, 1.54) is 4.31 Å². The Kier molecular flexibility index (Phi) is 7.35. The van der Waals surface area contributed by atoms with Crippen LogP contribution in [0.4, 0.5) is 5.69 Å². The van der Waals surface area contributed by atoms with E-state index in [-0.39, 0.29) is 18.4 Å². The van der Waals surface area contributed by atoms with Crippen LogP contribution in [0.15, 0.2) is 47.4 Å². The number of rotatable bonds is 6. The molecule has 1 N–H and O–H groups in total. The molecule has 9 heteroatoms. The summed E-state index contributed by atoms with van der Waals surface area (Å²) in [4.78, 5) is 29.9. The van der Waals surface area contributed by atoms with Crippen LogP contribution in [0.3, 0.4) is 0 Å². The van der Waals surface area contributed by atoms with E-state index >= 15 is 0 Å². The second kappa shape index (κ2) is 10.2. The zero-order chi connectivity index (χ0) is 24.3. The maximum atomic E-state index is 13.0. The summed E-state index contributed by atoms with van der Waals surface area (Å²) >= 11 is 0. The lowest BCUT2D eigenvalue weighted by molar-refractivity contribution is -0.117. The minimum absolute atomic E-state index is 0.0409. The Hall–Kier alpha value is -2.75. The molecule has 0 spiro atoms. The molecule has 34 heavy (non-hydrogen) atoms. The Morgan fingerprint density at radius 1 is 0.882 bits per heavy atom. The molecular formula is C25H32N4O4S. The standard InChI is InChI=1S/C25H32N4O4S/c1-19-8-10-21(11-9-19)34(32,33)29-16-14-27(15-17-29)18-23(30)26-22-7-5-6-20(2)24(22)25(31)28-12-3-4-13-28/h5-11H,3-4,12-18H2,1-2H3,(H,26,30). The molecule has 0 saturated carbocycles. The lowest BCUT2D eigenvalue weighted by atomic mass is 10.0. The SMILES string of the molecule is Cc1ccc(S(=O)(=O)N2CCN(CC(=O)Nc3cccc(C)c3C(=O)N3CCCC3)CC2)cc1. The smallest absolute Gasteiger partial charge is 0.256 e. The van der Waals surface area contributed by atoms with Crippen molar-refractivity contribution in [2.75, 3.05) is 51.1 Å². The molecule has 0 aliphatic carbocycles. The normalized spacial score (nSPS) is 17.6. The van der Waals surface area contributed by atoms with E-state index in [9.17, 15) is 18.0 Å². The number of piperazine rings is 1. The minimum atomic E-state index is -3.54. The summed E-state index contributed by atoms with van der Waals surface area (Å²) in [5, 5.41) is 2.92. The molecule has 0 radical (unpaired) electrons. The minimum Gasteiger partial charge on any atom is -0.339 e. The van der Waals surface area contributed by atoms with Crippen LogP contribution in [-0.4, -0.2) is 80.2 Å². The second-order valence-electron chi connectivity index (χ2n) is 9.04. The van der Waals surface area contributed by atoms with Crippen molar-refractivity contribution < 1.29 is 18.0 Å². The summed E-state index contributed by atoms with van der Waals surface area (Å²) < 4.78 is 27.3. The van der Waals surface area contributed by atoms with E-state index in [4.69, 9.17) is 0 Å². The van der Waals surface area contributed by atoms with E-state index in [0.29, 0.717) is 42.3 Å². The molecular weight excluding hydrogens is 452 g/mol. The molecule has 2 saturated heterocycles. The predicted molar refractivity (Wildman–Crippen MR) is 131 cm³/mol. The van der Waals surface area contributed by atoms with Crippen LogP contribution < -0.4 is 5.32 Å². The van der Waals surface area contributed by atoms with Crippen LogP contribution in [0.2, 0.25) is 0 Å². The zero-order valence-electron chi connectivity index (χ0n) is 19.8. The monoisotopic (exact) mass is 484 g/mol. The predicted octanol–water partition coefficient (Wildman–Crippen LogP) is 2.48. The Morgan fingerprint density at radius 2 is 1.53 bits per heavy atom. The number of amides is 2. The van der Waals surface area contributed by atoms with Crippen molar-refractivity contribution >= 4 is 27.5 Å². The first kappa shape index (κ1) is 24.4. The summed E-state index contributed by atoms with van der Waals surface area (Å²) in [6.07, 6.45) is 2.01. The number of sulfonamides is 1. The lowest BCUT2D eigenvalue weighted by Gasteiger charge is -2.33. The second-order valence-corrected chi connectivity index (χ2v) is 11.0. The number of nitrogens with one attached hydrogen (secondary N) is 1. The summed E-state index contributed by atoms with van der Waals surface area (Å²) in [5.74, 6) is -0.253. The Bertz CT molecular complexity index is 1150. The van der Waals surface area contributed by atoms with Gasteiger partial charge in [0, 0.05) is 39.3 Å². The topological polar surface area (TPSA) is 90.0 Å². The fourth-order valence-corrected chi connectivity index (χ4v) is 5.94. The van der Waals surface area contributed by atoms with Crippen molar-refractivity contribution in [3.63, 3.8) is 0 Å². The van der Waals surface area contributed by atoms with Gasteiger partial charge >= 0.3 is 0 Å². The van der Waals surface area contributed by atoms with Gasteiger partial charge in [0.05, 0.1) is 22.7 Å². The highest BCUT2D eigenvalue weighted by atomic mass is 32.2. The third-order valence-electron chi connectivity index (χ3n) is 6.51. The third-order valence-corrected chi connectivity index (χ3v) is 8.42. The van der Waals surface area contributed by atoms with Gasteiger partial charge in [-0.15, -0.1) is 0 Å². The highest BCUT2D eigenvalue weighted by molar-refractivity contribution is 7.89. The van der Waals surface area contributed by atoms with Crippen molar-refractivity contribution in [1.29, 1.82) is 0 Å². The van der Waals surface area contributed by atoms with E-state index in [0.717, 1.165) is 37.1 Å². The van der Waals surface area contributed by atoms with Crippen LogP contribution in [0.5, 0.6) is 0 Å². The van der Waals surface area contributed by atoms with E-state index < -0.39 is 10.0 Å². The molecule has 2 amide bonds. The van der Waals surface area contributed by atoms with E-state index in [2.05, 4.69) is 5.32 Å². The van der Waals surface area contributed by atoms with Gasteiger partial charge in [0.1, 0.15) is 0 Å². The molecule has 182 valence electrons. The number of hydrogen-bond donors (Lipinski definition) is 1. The number of carbonyl (C=O) groups excluding carboxylic acids is 2. The maximum Gasteiger partial charge on any atom is 0.256 e. The van der Waals surface area contributed by atoms with Gasteiger partial charge in [-0.1, -0.05) is 29.8 Å². The maximum absolute atomic E-state index is 13.0. The van der Waals surface area contributed by atoms with Gasteiger partial charge in [-0.2, -0.15) is 4.31 Å². The van der Waals surface area contributed by atoms with Gasteiger partial charge in [0.25, 0.3) is 5.91 Å². The number of hydrogen-bond acceptors (Lipinski definition) is 5. The Balaban J connectivity index is 1.36. The molecule has 2 aliphatic heterocycles. The highest BCUT2D eigenvalue weighted by Crippen LogP contribution is 2.24. The fourth-order valence-electron chi connectivity index (χ4n) is 4.51. The highest BCUT2D eigenvalue weighted by Gasteiger charge is 2.29. The quantitative estimate of drug-likeness (QED) is 0.680. The summed E-state index contributed by atoms with van der Waals surface area (Å²) in [6.45, 7) is 7.02. The van der Waals surface area contributed by atoms with Gasteiger partial charge < -0.3 is 10.2 Å². The molecule has 2 aliphatic rings. The number of nitrogens with zero attached hydrogens (tertiary/aromatic N) is 3. The number of carbonyl (C=O) groups is 2. The van der Waals surface area contributed by atoms with Crippen LogP contribution in [0.25, 0.3) is 0 Å². The largest absolute Gasteiger partial charge is 0.339 e. The molecule has 0 bridgehead atoms. The molecule has 0 unspecified atom stereocenters. The Labute approximate surface area is 201 Å². The van der Waals surface area contributed by atoms with Gasteiger partial charge in [0.2, 0.25) is 15.9 Å². The average molecular weight is 485 g/mol. The van der Waals surface area contributed by atoms with Gasteiger partial charge in [0.15, 0.2) is 0 Å². The Morgan fingerprint density at radius 3 is 2.18 bits per heavy atom. The molecule has 4 rings (SSSR count). The number of anilines is 1. The van der Waals surface area contributed by atoms with Gasteiger partial charge in [-0.25, -0.2) is 8.42 Å². The van der Waals surface area contributed by atoms with Crippen molar-refractivity contribution in [2.45, 2.75) is 31.6 Å². The molecule has 0 atom stereocenters. The van der Waals surface area contributed by atoms with Crippen LogP contribution in [0, 0.1) is 13.8 Å². The van der Waals surface area contributed by atoms with Crippen molar-refractivity contribution in [3.8, 4) is 0 Å². The molecule has 2 aromatic rings. The van der Waals surface area contributed by atoms with Gasteiger partial charge in [-0.3, -0.25) is 14.5 Å². The van der Waals surface area contributed by atoms with Crippen LogP contribution in [0.1, 0.15) is 34.3 Å². The van der Waals surface area contributed by atoms with Crippen molar-refractivity contribution in [3.05, 3.63) is 59.2 Å². The van der Waals surface area contributed by atoms with E-state index in [1.54, 1.807) is 30.3 Å². The molecule has 2 heterocycles. The van der Waals surface area contributed by atoms with Gasteiger partial charge in [-0.05, 0) is 50.5 Å². The molecule has 0 aromatic heterocycles. The first-order chi connectivity index (χ1) is 16.3. The third kappa shape index (κ3) is 5.32. The summed E-state index contributed by atoms with van der Waals surface area (Å²) in [6, 6.07) is 12.3. The number of likely N-dealkylation sites (tertiary alicyclic amines) is 1. The zero-order valence-corrected chi connectivity index (χ0v) is 20.6. The molecule has 2 aromatic carbocycles. The van der Waals surface area contributed by atoms with E-state index in [1.807, 2.05) is 35.8 Å². The molecule has 8 nitrogen and oxygen atoms in total. The molecule has 2 fully saturated rings. The van der Waals surface area contributed by atoms with Crippen molar-refractivity contribution in [2.24, 2.45) is 0 Å². The average Bonchev–Trinajstić information content (AvgIpc) is 3.35.